The molecule has 0 unspecified atom stereocenters. The van der Waals surface area contributed by atoms with Crippen molar-refractivity contribution < 1.29 is 9.90 Å². The first kappa shape index (κ1) is 9.47. The van der Waals surface area contributed by atoms with Gasteiger partial charge in [-0.05, 0) is 0 Å². The van der Waals surface area contributed by atoms with Gasteiger partial charge in [0.15, 0.2) is 0 Å². The van der Waals surface area contributed by atoms with Gasteiger partial charge in [0.05, 0.1) is 18.0 Å². The maximum absolute atomic E-state index is 10.6. The molecule has 2 aromatic rings. The number of halogens is 1. The zero-order valence-corrected chi connectivity index (χ0v) is 7.21. The fraction of sp³-hybridized carbons (Fsp3) is 0. The van der Waals surface area contributed by atoms with Crippen LogP contribution in [0, 0.1) is 0 Å². The largest absolute Gasteiger partial charge is 0.478 e. The Morgan fingerprint density at radius 2 is 2.23 bits per heavy atom. The van der Waals surface area contributed by atoms with Crippen LogP contribution in [-0.4, -0.2) is 26.0 Å². The Hall–Kier alpha value is -1.62. The van der Waals surface area contributed by atoms with E-state index in [9.17, 15) is 4.79 Å². The lowest BCUT2D eigenvalue weighted by molar-refractivity contribution is 0.0698. The first-order chi connectivity index (χ1) is 5.79. The summed E-state index contributed by atoms with van der Waals surface area (Å²) in [6, 6.07) is 0. The summed E-state index contributed by atoms with van der Waals surface area (Å²) < 4.78 is 0. The number of hydrogen-bond donors (Lipinski definition) is 2. The van der Waals surface area contributed by atoms with Crippen LogP contribution < -0.4 is 0 Å². The van der Waals surface area contributed by atoms with Crippen molar-refractivity contribution >= 4 is 29.4 Å². The van der Waals surface area contributed by atoms with Gasteiger partial charge in [-0.25, -0.2) is 9.78 Å². The minimum Gasteiger partial charge on any atom is -0.478 e. The number of nitrogens with zero attached hydrogens (tertiary/aromatic N) is 2. The van der Waals surface area contributed by atoms with Crippen LogP contribution in [0.25, 0.3) is 11.0 Å². The first-order valence-corrected chi connectivity index (χ1v) is 3.29. The maximum Gasteiger partial charge on any atom is 0.339 e. The molecule has 2 rings (SSSR count). The van der Waals surface area contributed by atoms with Crippen molar-refractivity contribution in [2.24, 2.45) is 0 Å². The van der Waals surface area contributed by atoms with Gasteiger partial charge in [0.2, 0.25) is 0 Å². The SMILES string of the molecule is Cl.O=C(O)c1cncc2[nH]cnc12. The van der Waals surface area contributed by atoms with Crippen LogP contribution in [0.2, 0.25) is 0 Å². The molecule has 0 aliphatic rings. The molecular formula is C7H6ClN3O2. The van der Waals surface area contributed by atoms with E-state index in [-0.39, 0.29) is 18.0 Å². The van der Waals surface area contributed by atoms with Crippen molar-refractivity contribution in [1.29, 1.82) is 0 Å². The highest BCUT2D eigenvalue weighted by molar-refractivity contribution is 6.00. The number of fused-ring (bicyclic) bond motifs is 1. The number of carboxylic acids is 1. The van der Waals surface area contributed by atoms with Gasteiger partial charge in [-0.3, -0.25) is 4.98 Å². The van der Waals surface area contributed by atoms with E-state index in [0.717, 1.165) is 0 Å². The number of aromatic carboxylic acids is 1. The van der Waals surface area contributed by atoms with Crippen LogP contribution in [0.3, 0.4) is 0 Å². The third-order valence-corrected chi connectivity index (χ3v) is 1.56. The van der Waals surface area contributed by atoms with E-state index in [0.29, 0.717) is 11.0 Å². The van der Waals surface area contributed by atoms with Crippen molar-refractivity contribution in [2.75, 3.05) is 0 Å². The topological polar surface area (TPSA) is 78.9 Å². The molecule has 0 fully saturated rings. The standard InChI is InChI=1S/C7H5N3O2.ClH/c11-7(12)4-1-8-2-5-6(4)10-3-9-5;/h1-3H,(H,9,10)(H,11,12);1H. The summed E-state index contributed by atoms with van der Waals surface area (Å²) in [7, 11) is 0. The summed E-state index contributed by atoms with van der Waals surface area (Å²) in [6.07, 6.45) is 4.26. The van der Waals surface area contributed by atoms with Gasteiger partial charge in [-0.2, -0.15) is 0 Å². The van der Waals surface area contributed by atoms with Crippen LogP contribution in [0.15, 0.2) is 18.7 Å². The molecule has 0 aromatic carbocycles. The van der Waals surface area contributed by atoms with E-state index in [1.54, 1.807) is 0 Å². The molecule has 0 saturated carbocycles. The Balaban J connectivity index is 0.000000845. The number of imidazole rings is 1. The van der Waals surface area contributed by atoms with E-state index in [4.69, 9.17) is 5.11 Å². The Kier molecular flexibility index (Phi) is 2.48. The predicted octanol–water partition coefficient (Wildman–Crippen LogP) is 1.08. The lowest BCUT2D eigenvalue weighted by Crippen LogP contribution is -1.97. The first-order valence-electron chi connectivity index (χ1n) is 3.29. The summed E-state index contributed by atoms with van der Waals surface area (Å²) in [5.41, 5.74) is 1.20. The monoisotopic (exact) mass is 199 g/mol. The summed E-state index contributed by atoms with van der Waals surface area (Å²) in [6.45, 7) is 0. The fourth-order valence-electron chi connectivity index (χ4n) is 1.02. The van der Waals surface area contributed by atoms with Gasteiger partial charge in [-0.15, -0.1) is 12.4 Å². The molecule has 2 aromatic heterocycles. The van der Waals surface area contributed by atoms with Crippen molar-refractivity contribution in [3.8, 4) is 0 Å². The average Bonchev–Trinajstić information content (AvgIpc) is 2.49. The van der Waals surface area contributed by atoms with E-state index >= 15 is 0 Å². The normalized spacial score (nSPS) is 9.54. The summed E-state index contributed by atoms with van der Waals surface area (Å²) in [5.74, 6) is -1.01. The van der Waals surface area contributed by atoms with Gasteiger partial charge in [0.1, 0.15) is 11.1 Å². The van der Waals surface area contributed by atoms with Crippen molar-refractivity contribution in [3.63, 3.8) is 0 Å². The second-order valence-electron chi connectivity index (χ2n) is 2.29. The fourth-order valence-corrected chi connectivity index (χ4v) is 1.02. The van der Waals surface area contributed by atoms with Crippen molar-refractivity contribution in [1.82, 2.24) is 15.0 Å². The Bertz CT molecular complexity index is 440. The molecule has 2 N–H and O–H groups in total. The summed E-state index contributed by atoms with van der Waals surface area (Å²) in [5, 5.41) is 8.71. The molecule has 2 heterocycles. The molecular weight excluding hydrogens is 194 g/mol. The number of aromatic nitrogens is 3. The molecule has 13 heavy (non-hydrogen) atoms. The smallest absolute Gasteiger partial charge is 0.339 e. The molecule has 5 nitrogen and oxygen atoms in total. The number of pyridine rings is 1. The van der Waals surface area contributed by atoms with E-state index < -0.39 is 5.97 Å². The number of carbonyl (C=O) groups is 1. The minimum absolute atomic E-state index is 0. The van der Waals surface area contributed by atoms with E-state index in [2.05, 4.69) is 15.0 Å². The van der Waals surface area contributed by atoms with Crippen LogP contribution in [0.1, 0.15) is 10.4 Å². The molecule has 68 valence electrons. The van der Waals surface area contributed by atoms with Gasteiger partial charge in [0, 0.05) is 6.20 Å². The number of aromatic amines is 1. The molecule has 0 radical (unpaired) electrons. The Labute approximate surface area is 79.2 Å². The highest BCUT2D eigenvalue weighted by atomic mass is 35.5. The quantitative estimate of drug-likeness (QED) is 0.720. The molecule has 0 bridgehead atoms. The van der Waals surface area contributed by atoms with Crippen LogP contribution in [-0.2, 0) is 0 Å². The minimum atomic E-state index is -1.01. The third kappa shape index (κ3) is 1.46. The molecule has 0 amide bonds. The lowest BCUT2D eigenvalue weighted by Gasteiger charge is -1.92. The summed E-state index contributed by atoms with van der Waals surface area (Å²) in [4.78, 5) is 21.0. The molecule has 0 aliphatic carbocycles. The van der Waals surface area contributed by atoms with Crippen LogP contribution >= 0.6 is 12.4 Å². The second kappa shape index (κ2) is 3.40. The van der Waals surface area contributed by atoms with Gasteiger partial charge >= 0.3 is 5.97 Å². The third-order valence-electron chi connectivity index (χ3n) is 1.56. The molecule has 0 atom stereocenters. The Morgan fingerprint density at radius 1 is 1.46 bits per heavy atom. The van der Waals surface area contributed by atoms with Crippen LogP contribution in [0.5, 0.6) is 0 Å². The average molecular weight is 200 g/mol. The number of nitrogens with one attached hydrogen (secondary N) is 1. The zero-order valence-electron chi connectivity index (χ0n) is 6.39. The number of rotatable bonds is 1. The highest BCUT2D eigenvalue weighted by Crippen LogP contribution is 2.11. The summed E-state index contributed by atoms with van der Waals surface area (Å²) >= 11 is 0. The molecule has 0 aliphatic heterocycles. The maximum atomic E-state index is 10.6. The predicted molar refractivity (Wildman–Crippen MR) is 48.1 cm³/mol. The number of H-pyrrole nitrogens is 1. The van der Waals surface area contributed by atoms with Gasteiger partial charge < -0.3 is 10.1 Å². The van der Waals surface area contributed by atoms with Crippen LogP contribution in [0.4, 0.5) is 0 Å². The second-order valence-corrected chi connectivity index (χ2v) is 2.29. The highest BCUT2D eigenvalue weighted by Gasteiger charge is 2.09. The van der Waals surface area contributed by atoms with Gasteiger partial charge in [-0.1, -0.05) is 0 Å². The lowest BCUT2D eigenvalue weighted by atomic mass is 10.2. The molecule has 0 spiro atoms. The molecule has 6 heteroatoms. The zero-order chi connectivity index (χ0) is 8.55. The number of hydrogen-bond acceptors (Lipinski definition) is 3. The molecule has 0 saturated heterocycles. The van der Waals surface area contributed by atoms with E-state index in [1.807, 2.05) is 0 Å². The van der Waals surface area contributed by atoms with Crippen molar-refractivity contribution in [2.45, 2.75) is 0 Å². The van der Waals surface area contributed by atoms with Crippen molar-refractivity contribution in [3.05, 3.63) is 24.3 Å². The Morgan fingerprint density at radius 3 is 2.92 bits per heavy atom. The number of carboxylic acid groups (broad SMARTS) is 1. The van der Waals surface area contributed by atoms with E-state index in [1.165, 1.54) is 18.7 Å². The van der Waals surface area contributed by atoms with Gasteiger partial charge in [0.25, 0.3) is 0 Å².